The van der Waals surface area contributed by atoms with Crippen LogP contribution in [0.15, 0.2) is 94.7 Å². The molecule has 2 aliphatic rings. The Morgan fingerprint density at radius 1 is 0.878 bits per heavy atom. The molecule has 208 valence electrons. The van der Waals surface area contributed by atoms with Crippen LogP contribution in [0.3, 0.4) is 0 Å². The lowest BCUT2D eigenvalue weighted by Gasteiger charge is -2.30. The highest BCUT2D eigenvalue weighted by Gasteiger charge is 2.56. The molecule has 0 radical (unpaired) electrons. The van der Waals surface area contributed by atoms with Gasteiger partial charge in [0.2, 0.25) is 17.7 Å². The van der Waals surface area contributed by atoms with Crippen molar-refractivity contribution in [2.75, 3.05) is 10.2 Å². The van der Waals surface area contributed by atoms with Gasteiger partial charge >= 0.3 is 11.0 Å². The zero-order chi connectivity index (χ0) is 28.9. The van der Waals surface area contributed by atoms with Crippen LogP contribution in [0.2, 0.25) is 0 Å². The molecule has 1 saturated heterocycles. The number of thiazole rings is 1. The SMILES string of the molecule is O=C(Cn1c2c(sc1=O)[C@@H](c1ccccc1)[C@@H]1C(=O)N(c3ccccc3)C(=O)[C@@H]1S2)Nc1cccc(C(F)(F)F)c1. The summed E-state index contributed by atoms with van der Waals surface area (Å²) in [6.07, 6.45) is -4.58. The Labute approximate surface area is 239 Å². The monoisotopic (exact) mass is 595 g/mol. The number of aromatic nitrogens is 1. The van der Waals surface area contributed by atoms with E-state index in [0.717, 1.165) is 40.8 Å². The van der Waals surface area contributed by atoms with Crippen LogP contribution in [0.25, 0.3) is 0 Å². The number of hydrogen-bond donors (Lipinski definition) is 1. The van der Waals surface area contributed by atoms with Crippen molar-refractivity contribution in [3.05, 3.63) is 111 Å². The van der Waals surface area contributed by atoms with Gasteiger partial charge in [-0.05, 0) is 35.9 Å². The first-order valence-corrected chi connectivity index (χ1v) is 14.2. The second-order valence-corrected chi connectivity index (χ2v) is 11.7. The zero-order valence-electron chi connectivity index (χ0n) is 21.0. The number of nitrogens with one attached hydrogen (secondary N) is 1. The van der Waals surface area contributed by atoms with E-state index in [1.165, 1.54) is 21.6 Å². The predicted octanol–water partition coefficient (Wildman–Crippen LogP) is 5.36. The molecule has 0 unspecified atom stereocenters. The third kappa shape index (κ3) is 4.87. The summed E-state index contributed by atoms with van der Waals surface area (Å²) >= 11 is 1.97. The van der Waals surface area contributed by atoms with Crippen molar-refractivity contribution in [1.29, 1.82) is 0 Å². The molecule has 12 heteroatoms. The molecular weight excluding hydrogens is 575 g/mol. The van der Waals surface area contributed by atoms with Crippen molar-refractivity contribution in [2.24, 2.45) is 5.92 Å². The van der Waals surface area contributed by atoms with Gasteiger partial charge in [0.15, 0.2) is 0 Å². The van der Waals surface area contributed by atoms with Crippen LogP contribution in [0.1, 0.15) is 21.9 Å². The summed E-state index contributed by atoms with van der Waals surface area (Å²) in [5.74, 6) is -2.86. The van der Waals surface area contributed by atoms with E-state index in [1.807, 2.05) is 30.3 Å². The number of alkyl halides is 3. The molecule has 6 rings (SSSR count). The first-order valence-electron chi connectivity index (χ1n) is 12.5. The minimum Gasteiger partial charge on any atom is -0.325 e. The molecule has 2 aliphatic heterocycles. The third-order valence-corrected chi connectivity index (χ3v) is 9.60. The van der Waals surface area contributed by atoms with Gasteiger partial charge in [0, 0.05) is 16.5 Å². The number of rotatable bonds is 5. The third-order valence-electron chi connectivity index (χ3n) is 7.00. The maximum atomic E-state index is 13.8. The van der Waals surface area contributed by atoms with Crippen LogP contribution in [-0.4, -0.2) is 27.5 Å². The summed E-state index contributed by atoms with van der Waals surface area (Å²) in [4.78, 5) is 54.8. The van der Waals surface area contributed by atoms with E-state index >= 15 is 0 Å². The summed E-state index contributed by atoms with van der Waals surface area (Å²) < 4.78 is 40.6. The molecule has 3 amide bonds. The molecule has 1 aromatic heterocycles. The number of para-hydroxylation sites is 1. The van der Waals surface area contributed by atoms with E-state index < -0.39 is 52.1 Å². The number of imide groups is 1. The average molecular weight is 596 g/mol. The quantitative estimate of drug-likeness (QED) is 0.314. The van der Waals surface area contributed by atoms with Gasteiger partial charge in [-0.2, -0.15) is 13.2 Å². The van der Waals surface area contributed by atoms with E-state index in [2.05, 4.69) is 5.32 Å². The van der Waals surface area contributed by atoms with Crippen LogP contribution < -0.4 is 15.1 Å². The number of halogens is 3. The Hall–Kier alpha value is -4.16. The van der Waals surface area contributed by atoms with E-state index in [-0.39, 0.29) is 11.6 Å². The van der Waals surface area contributed by atoms with Gasteiger partial charge in [0.05, 0.1) is 22.2 Å². The highest BCUT2D eigenvalue weighted by Crippen LogP contribution is 2.53. The largest absolute Gasteiger partial charge is 0.416 e. The van der Waals surface area contributed by atoms with Crippen molar-refractivity contribution < 1.29 is 27.6 Å². The molecule has 1 fully saturated rings. The molecule has 0 aliphatic carbocycles. The fraction of sp³-hybridized carbons (Fsp3) is 0.172. The second-order valence-electron chi connectivity index (χ2n) is 9.55. The summed E-state index contributed by atoms with van der Waals surface area (Å²) in [6.45, 7) is -0.475. The molecule has 3 aromatic carbocycles. The van der Waals surface area contributed by atoms with E-state index in [9.17, 15) is 32.3 Å². The minimum absolute atomic E-state index is 0.0630. The van der Waals surface area contributed by atoms with Crippen LogP contribution in [0.4, 0.5) is 24.5 Å². The van der Waals surface area contributed by atoms with Gasteiger partial charge in [0.1, 0.15) is 11.8 Å². The van der Waals surface area contributed by atoms with E-state index in [0.29, 0.717) is 15.6 Å². The number of thioether (sulfide) groups is 1. The molecule has 1 N–H and O–H groups in total. The maximum absolute atomic E-state index is 13.8. The molecule has 3 heterocycles. The number of anilines is 2. The molecule has 41 heavy (non-hydrogen) atoms. The lowest BCUT2D eigenvalue weighted by Crippen LogP contribution is -2.33. The second kappa shape index (κ2) is 10.3. The Morgan fingerprint density at radius 3 is 2.24 bits per heavy atom. The number of carbonyl (C=O) groups is 3. The predicted molar refractivity (Wildman–Crippen MR) is 149 cm³/mol. The lowest BCUT2D eigenvalue weighted by molar-refractivity contribution is -0.137. The number of benzene rings is 3. The number of nitrogens with zero attached hydrogens (tertiary/aromatic N) is 2. The van der Waals surface area contributed by atoms with Gasteiger partial charge < -0.3 is 5.32 Å². The summed E-state index contributed by atoms with van der Waals surface area (Å²) in [5.41, 5.74) is 0.222. The molecule has 0 saturated carbocycles. The summed E-state index contributed by atoms with van der Waals surface area (Å²) in [7, 11) is 0. The fourth-order valence-electron chi connectivity index (χ4n) is 5.22. The van der Waals surface area contributed by atoms with Crippen molar-refractivity contribution in [3.63, 3.8) is 0 Å². The standard InChI is InChI=1S/C29H20F3N3O4S2/c30-29(31,32)17-10-7-11-18(14-17)33-20(36)15-34-27-24(41-28(34)39)21(16-8-3-1-4-9-16)22-23(40-27)26(38)35(25(22)37)19-12-5-2-6-13-19/h1-14,21-23H,15H2,(H,33,36)/t21-,22-,23+/m0/s1. The topological polar surface area (TPSA) is 88.5 Å². The smallest absolute Gasteiger partial charge is 0.325 e. The van der Waals surface area contributed by atoms with Crippen LogP contribution in [-0.2, 0) is 27.1 Å². The average Bonchev–Trinajstić information content (AvgIpc) is 3.39. The Balaban J connectivity index is 1.36. The first kappa shape index (κ1) is 27.0. The first-order chi connectivity index (χ1) is 19.6. The van der Waals surface area contributed by atoms with Crippen molar-refractivity contribution in [3.8, 4) is 0 Å². The zero-order valence-corrected chi connectivity index (χ0v) is 22.6. The Morgan fingerprint density at radius 2 is 1.56 bits per heavy atom. The molecule has 0 bridgehead atoms. The summed E-state index contributed by atoms with van der Waals surface area (Å²) in [5, 5.41) is 1.98. The molecular formula is C29H20F3N3O4S2. The van der Waals surface area contributed by atoms with Crippen molar-refractivity contribution in [2.45, 2.75) is 28.9 Å². The van der Waals surface area contributed by atoms with Crippen LogP contribution >= 0.6 is 23.1 Å². The van der Waals surface area contributed by atoms with Crippen molar-refractivity contribution in [1.82, 2.24) is 4.57 Å². The van der Waals surface area contributed by atoms with E-state index in [1.54, 1.807) is 30.3 Å². The number of carbonyl (C=O) groups excluding carboxylic acids is 3. The molecule has 3 atom stereocenters. The maximum Gasteiger partial charge on any atom is 0.416 e. The van der Waals surface area contributed by atoms with Gasteiger partial charge in [-0.15, -0.1) is 0 Å². The number of fused-ring (bicyclic) bond motifs is 2. The minimum atomic E-state index is -4.58. The van der Waals surface area contributed by atoms with Gasteiger partial charge in [-0.25, -0.2) is 4.90 Å². The lowest BCUT2D eigenvalue weighted by atomic mass is 9.83. The van der Waals surface area contributed by atoms with Gasteiger partial charge in [-0.1, -0.05) is 77.7 Å². The van der Waals surface area contributed by atoms with Crippen LogP contribution in [0.5, 0.6) is 0 Å². The Bertz CT molecular complexity index is 1720. The Kier molecular flexibility index (Phi) is 6.82. The molecule has 4 aromatic rings. The number of amides is 3. The van der Waals surface area contributed by atoms with Crippen molar-refractivity contribution >= 4 is 52.2 Å². The summed E-state index contributed by atoms with van der Waals surface area (Å²) in [6, 6.07) is 21.9. The van der Waals surface area contributed by atoms with Gasteiger partial charge in [0.25, 0.3) is 0 Å². The highest BCUT2D eigenvalue weighted by molar-refractivity contribution is 8.00. The molecule has 7 nitrogen and oxygen atoms in total. The highest BCUT2D eigenvalue weighted by atomic mass is 32.2. The normalized spacial score (nSPS) is 20.1. The van der Waals surface area contributed by atoms with Gasteiger partial charge in [-0.3, -0.25) is 23.7 Å². The number of hydrogen-bond acceptors (Lipinski definition) is 6. The fourth-order valence-corrected chi connectivity index (χ4v) is 8.00. The van der Waals surface area contributed by atoms with E-state index in [4.69, 9.17) is 0 Å². The van der Waals surface area contributed by atoms with Crippen LogP contribution in [0, 0.1) is 5.92 Å². The molecule has 0 spiro atoms.